The molecule has 1 unspecified atom stereocenters. The summed E-state index contributed by atoms with van der Waals surface area (Å²) in [5, 5.41) is 4.99. The van der Waals surface area contributed by atoms with Crippen molar-refractivity contribution in [1.29, 1.82) is 0 Å². The van der Waals surface area contributed by atoms with Gasteiger partial charge in [0.1, 0.15) is 6.04 Å². The molecule has 0 spiro atoms. The van der Waals surface area contributed by atoms with Gasteiger partial charge in [-0.3, -0.25) is 15.0 Å². The molecule has 1 atom stereocenters. The molecule has 4 amide bonds. The van der Waals surface area contributed by atoms with E-state index < -0.39 is 18.0 Å². The molecule has 1 aromatic rings. The molecule has 120 valence electrons. The van der Waals surface area contributed by atoms with Gasteiger partial charge in [0, 0.05) is 12.6 Å². The Labute approximate surface area is 129 Å². The minimum Gasteiger partial charge on any atom is -0.340 e. The largest absolute Gasteiger partial charge is 0.340 e. The number of hydrogen-bond donors (Lipinski definition) is 4. The normalized spacial score (nSPS) is 11.5. The van der Waals surface area contributed by atoms with Gasteiger partial charge in [-0.05, 0) is 25.0 Å². The smallest absolute Gasteiger partial charge is 0.333 e. The fraction of sp³-hybridized carbons (Fsp3) is 0.400. The van der Waals surface area contributed by atoms with Crippen molar-refractivity contribution in [3.63, 3.8) is 0 Å². The van der Waals surface area contributed by atoms with E-state index in [4.69, 9.17) is 0 Å². The highest BCUT2D eigenvalue weighted by Gasteiger charge is 2.25. The molecule has 0 aromatic heterocycles. The van der Waals surface area contributed by atoms with Crippen LogP contribution in [0.3, 0.4) is 0 Å². The van der Waals surface area contributed by atoms with Crippen molar-refractivity contribution < 1.29 is 14.4 Å². The van der Waals surface area contributed by atoms with E-state index in [-0.39, 0.29) is 11.8 Å². The molecule has 0 aliphatic carbocycles. The van der Waals surface area contributed by atoms with Crippen molar-refractivity contribution in [2.24, 2.45) is 5.92 Å². The van der Waals surface area contributed by atoms with Gasteiger partial charge in [0.05, 0.1) is 0 Å². The summed E-state index contributed by atoms with van der Waals surface area (Å²) in [6, 6.07) is 5.79. The lowest BCUT2D eigenvalue weighted by Crippen LogP contribution is -2.55. The lowest BCUT2D eigenvalue weighted by Gasteiger charge is -2.21. The Morgan fingerprint density at radius 3 is 2.32 bits per heavy atom. The molecule has 0 aliphatic rings. The van der Waals surface area contributed by atoms with Crippen LogP contribution in [0.2, 0.25) is 0 Å². The molecule has 1 rings (SSSR count). The summed E-state index contributed by atoms with van der Waals surface area (Å²) in [7, 11) is 1.43. The Morgan fingerprint density at radius 1 is 1.09 bits per heavy atom. The van der Waals surface area contributed by atoms with E-state index in [1.807, 2.05) is 13.0 Å². The Hall–Kier alpha value is -2.57. The maximum absolute atomic E-state index is 12.2. The van der Waals surface area contributed by atoms with E-state index >= 15 is 0 Å². The summed E-state index contributed by atoms with van der Waals surface area (Å²) in [4.78, 5) is 35.4. The van der Waals surface area contributed by atoms with Gasteiger partial charge in [-0.15, -0.1) is 0 Å². The molecule has 1 aromatic carbocycles. The number of carbonyl (C=O) groups excluding carboxylic acids is 3. The van der Waals surface area contributed by atoms with Gasteiger partial charge in [0.25, 0.3) is 11.8 Å². The predicted octanol–water partition coefficient (Wildman–Crippen LogP) is 0.710. The number of hydrogen-bond acceptors (Lipinski definition) is 3. The van der Waals surface area contributed by atoms with E-state index in [1.165, 1.54) is 7.05 Å². The summed E-state index contributed by atoms with van der Waals surface area (Å²) in [6.45, 7) is 5.50. The molecule has 22 heavy (non-hydrogen) atoms. The van der Waals surface area contributed by atoms with Crippen LogP contribution in [0.5, 0.6) is 0 Å². The third-order valence-electron chi connectivity index (χ3n) is 3.04. The van der Waals surface area contributed by atoms with Gasteiger partial charge in [-0.1, -0.05) is 31.5 Å². The summed E-state index contributed by atoms with van der Waals surface area (Å²) in [5.41, 5.74) is 5.90. The first-order chi connectivity index (χ1) is 10.3. The lowest BCUT2D eigenvalue weighted by molar-refractivity contribution is -0.124. The Balaban J connectivity index is 2.73. The zero-order chi connectivity index (χ0) is 16.7. The van der Waals surface area contributed by atoms with Gasteiger partial charge in [0.15, 0.2) is 0 Å². The maximum atomic E-state index is 12.2. The van der Waals surface area contributed by atoms with Crippen LogP contribution in [-0.2, 0) is 4.79 Å². The number of benzene rings is 1. The monoisotopic (exact) mass is 306 g/mol. The molecule has 0 saturated carbocycles. The van der Waals surface area contributed by atoms with Crippen LogP contribution in [0.4, 0.5) is 4.79 Å². The Bertz CT molecular complexity index is 557. The number of urea groups is 1. The molecule has 0 aliphatic heterocycles. The van der Waals surface area contributed by atoms with Gasteiger partial charge >= 0.3 is 6.03 Å². The number of aryl methyl sites for hydroxylation is 1. The first-order valence-corrected chi connectivity index (χ1v) is 7.00. The fourth-order valence-corrected chi connectivity index (χ4v) is 1.80. The molecule has 7 heteroatoms. The van der Waals surface area contributed by atoms with E-state index in [0.717, 1.165) is 5.56 Å². The molecule has 0 heterocycles. The third-order valence-corrected chi connectivity index (χ3v) is 3.04. The highest BCUT2D eigenvalue weighted by Crippen LogP contribution is 2.07. The Morgan fingerprint density at radius 2 is 1.77 bits per heavy atom. The highest BCUT2D eigenvalue weighted by atomic mass is 16.2. The van der Waals surface area contributed by atoms with Crippen LogP contribution < -0.4 is 21.5 Å². The summed E-state index contributed by atoms with van der Waals surface area (Å²) in [6.07, 6.45) is 0. The maximum Gasteiger partial charge on any atom is 0.333 e. The topological polar surface area (TPSA) is 99.3 Å². The van der Waals surface area contributed by atoms with E-state index in [1.54, 1.807) is 32.0 Å². The number of rotatable bonds is 4. The second-order valence-corrected chi connectivity index (χ2v) is 5.26. The summed E-state index contributed by atoms with van der Waals surface area (Å²) < 4.78 is 0. The zero-order valence-electron chi connectivity index (χ0n) is 13.2. The van der Waals surface area contributed by atoms with E-state index in [0.29, 0.717) is 5.56 Å². The molecule has 0 radical (unpaired) electrons. The molecule has 0 bridgehead atoms. The Kier molecular flexibility index (Phi) is 6.37. The van der Waals surface area contributed by atoms with Crippen LogP contribution >= 0.6 is 0 Å². The highest BCUT2D eigenvalue weighted by molar-refractivity contribution is 5.98. The van der Waals surface area contributed by atoms with Gasteiger partial charge in [-0.25, -0.2) is 10.2 Å². The zero-order valence-corrected chi connectivity index (χ0v) is 13.2. The predicted molar refractivity (Wildman–Crippen MR) is 83.0 cm³/mol. The minimum atomic E-state index is -0.759. The average molecular weight is 306 g/mol. The number of hydrazine groups is 1. The molecule has 0 fully saturated rings. The molecule has 0 saturated heterocycles. The standard InChI is InChI=1S/C15H22N4O3/c1-9(2)12(14(21)18-19-15(22)16-4)17-13(20)11-7-5-6-10(3)8-11/h5-9,12H,1-4H3,(H,17,20)(H,18,21)(H2,16,19,22). The second-order valence-electron chi connectivity index (χ2n) is 5.26. The second kappa shape index (κ2) is 8.02. The SMILES string of the molecule is CNC(=O)NNC(=O)C(NC(=O)c1cccc(C)c1)C(C)C. The van der Waals surface area contributed by atoms with Crippen LogP contribution in [-0.4, -0.2) is 30.9 Å². The molecule has 7 nitrogen and oxygen atoms in total. The van der Waals surface area contributed by atoms with Gasteiger partial charge in [0.2, 0.25) is 0 Å². The lowest BCUT2D eigenvalue weighted by atomic mass is 10.0. The van der Waals surface area contributed by atoms with E-state index in [9.17, 15) is 14.4 Å². The molecular weight excluding hydrogens is 284 g/mol. The fourth-order valence-electron chi connectivity index (χ4n) is 1.80. The third kappa shape index (κ3) is 5.08. The first-order valence-electron chi connectivity index (χ1n) is 7.00. The number of amides is 4. The van der Waals surface area contributed by atoms with Crippen LogP contribution in [0.1, 0.15) is 29.8 Å². The molecular formula is C15H22N4O3. The van der Waals surface area contributed by atoms with Crippen molar-refractivity contribution in [1.82, 2.24) is 21.5 Å². The summed E-state index contributed by atoms with van der Waals surface area (Å²) in [5.74, 6) is -0.961. The van der Waals surface area contributed by atoms with Crippen LogP contribution in [0, 0.1) is 12.8 Å². The molecule has 4 N–H and O–H groups in total. The summed E-state index contributed by atoms with van der Waals surface area (Å²) >= 11 is 0. The van der Waals surface area contributed by atoms with Crippen LogP contribution in [0.15, 0.2) is 24.3 Å². The van der Waals surface area contributed by atoms with Gasteiger partial charge < -0.3 is 10.6 Å². The van der Waals surface area contributed by atoms with Crippen molar-refractivity contribution in [3.8, 4) is 0 Å². The van der Waals surface area contributed by atoms with Crippen molar-refractivity contribution >= 4 is 17.8 Å². The van der Waals surface area contributed by atoms with Gasteiger partial charge in [-0.2, -0.15) is 0 Å². The van der Waals surface area contributed by atoms with Crippen molar-refractivity contribution in [3.05, 3.63) is 35.4 Å². The number of carbonyl (C=O) groups is 3. The van der Waals surface area contributed by atoms with Crippen molar-refractivity contribution in [2.75, 3.05) is 7.05 Å². The average Bonchev–Trinajstić information content (AvgIpc) is 2.49. The quantitative estimate of drug-likeness (QED) is 0.616. The number of nitrogens with one attached hydrogen (secondary N) is 4. The van der Waals surface area contributed by atoms with Crippen molar-refractivity contribution in [2.45, 2.75) is 26.8 Å². The van der Waals surface area contributed by atoms with E-state index in [2.05, 4.69) is 21.5 Å². The first kappa shape index (κ1) is 17.5. The van der Waals surface area contributed by atoms with Crippen LogP contribution in [0.25, 0.3) is 0 Å². The minimum absolute atomic E-state index is 0.139.